The molecule has 4 rings (SSSR count). The summed E-state index contributed by atoms with van der Waals surface area (Å²) < 4.78 is 26.6. The van der Waals surface area contributed by atoms with Gasteiger partial charge in [0.05, 0.1) is 6.10 Å². The van der Waals surface area contributed by atoms with Crippen LogP contribution in [0.5, 0.6) is 0 Å². The summed E-state index contributed by atoms with van der Waals surface area (Å²) in [5.74, 6) is 0.843. The zero-order chi connectivity index (χ0) is 19.6. The van der Waals surface area contributed by atoms with Gasteiger partial charge in [0.15, 0.2) is 5.82 Å². The number of anilines is 1. The van der Waals surface area contributed by atoms with Crippen molar-refractivity contribution in [2.24, 2.45) is 10.6 Å². The first-order valence-electron chi connectivity index (χ1n) is 8.81. The Morgan fingerprint density at radius 2 is 2.15 bits per heavy atom. The zero-order valence-corrected chi connectivity index (χ0v) is 16.8. The molecule has 1 saturated carbocycles. The van der Waals surface area contributed by atoms with Crippen molar-refractivity contribution < 1.29 is 13.5 Å². The Hall–Kier alpha value is -1.46. The van der Waals surface area contributed by atoms with Crippen molar-refractivity contribution in [1.29, 1.82) is 0 Å². The second-order valence-electron chi connectivity index (χ2n) is 7.88. The van der Waals surface area contributed by atoms with E-state index < -0.39 is 16.3 Å². The molecule has 1 aliphatic carbocycles. The first-order valence-corrected chi connectivity index (χ1v) is 10.7. The third-order valence-electron chi connectivity index (χ3n) is 5.55. The van der Waals surface area contributed by atoms with Crippen molar-refractivity contribution in [3.05, 3.63) is 23.1 Å². The Labute approximate surface area is 162 Å². The second-order valence-corrected chi connectivity index (χ2v) is 9.76. The number of aryl methyl sites for hydroxylation is 1. The molecule has 27 heavy (non-hydrogen) atoms. The molecule has 148 valence electrons. The molecule has 0 radical (unpaired) electrons. The predicted molar refractivity (Wildman–Crippen MR) is 102 cm³/mol. The fourth-order valence-electron chi connectivity index (χ4n) is 4.43. The Bertz CT molecular complexity index is 977. The molecule has 3 heterocycles. The number of hydrogen-bond donors (Lipinski definition) is 2. The Morgan fingerprint density at radius 3 is 2.74 bits per heavy atom. The van der Waals surface area contributed by atoms with Gasteiger partial charge in [-0.2, -0.15) is 17.8 Å². The van der Waals surface area contributed by atoms with Gasteiger partial charge in [-0.1, -0.05) is 11.6 Å². The molecule has 1 spiro atoms. The van der Waals surface area contributed by atoms with E-state index in [2.05, 4.69) is 15.0 Å². The van der Waals surface area contributed by atoms with Gasteiger partial charge in [-0.05, 0) is 38.3 Å². The van der Waals surface area contributed by atoms with Gasteiger partial charge in [-0.15, -0.1) is 0 Å². The average Bonchev–Trinajstić information content (AvgIpc) is 2.77. The van der Waals surface area contributed by atoms with Crippen LogP contribution in [0.3, 0.4) is 0 Å². The van der Waals surface area contributed by atoms with E-state index in [4.69, 9.17) is 16.7 Å². The smallest absolute Gasteiger partial charge is 0.277 e. The highest BCUT2D eigenvalue weighted by Gasteiger charge is 2.55. The Morgan fingerprint density at radius 1 is 1.48 bits per heavy atom. The first kappa shape index (κ1) is 18.9. The van der Waals surface area contributed by atoms with Gasteiger partial charge in [-0.3, -0.25) is 0 Å². The van der Waals surface area contributed by atoms with E-state index in [0.29, 0.717) is 5.15 Å². The largest absolute Gasteiger partial charge is 0.392 e. The number of halogens is 1. The van der Waals surface area contributed by atoms with E-state index in [-0.39, 0.29) is 18.0 Å². The molecule has 2 aliphatic rings. The lowest BCUT2D eigenvalue weighted by atomic mass is 9.60. The molecule has 0 bridgehead atoms. The lowest BCUT2D eigenvalue weighted by Gasteiger charge is -2.60. The zero-order valence-electron chi connectivity index (χ0n) is 15.2. The summed E-state index contributed by atoms with van der Waals surface area (Å²) in [4.78, 5) is 6.61. The van der Waals surface area contributed by atoms with Crippen LogP contribution >= 0.6 is 11.6 Å². The monoisotopic (exact) mass is 414 g/mol. The van der Waals surface area contributed by atoms with Crippen LogP contribution < -0.4 is 10.0 Å². The number of aromatic nitrogens is 3. The van der Waals surface area contributed by atoms with Crippen molar-refractivity contribution >= 4 is 33.1 Å². The molecule has 0 unspecified atom stereocenters. The number of nitrogens with two attached hydrogens (primary N) is 1. The van der Waals surface area contributed by atoms with Crippen molar-refractivity contribution in [2.75, 3.05) is 24.5 Å². The molecular weight excluding hydrogens is 392 g/mol. The standard InChI is InChI=1S/C16H23ClN6O3S/c1-10-3-13(17)23-14(10)15(19-9-20-23)21-7-16(8-21)4-12(5-16)22(6-11(2)24)27(18,25)26/h3,9,11-12,24H,4-8H2,1-2H3,(H2,18,25,26)/t11-/m1/s1. The van der Waals surface area contributed by atoms with E-state index in [0.717, 1.165) is 42.8 Å². The van der Waals surface area contributed by atoms with Gasteiger partial charge in [-0.25, -0.2) is 14.6 Å². The van der Waals surface area contributed by atoms with E-state index >= 15 is 0 Å². The summed E-state index contributed by atoms with van der Waals surface area (Å²) in [5.41, 5.74) is 1.98. The number of hydrogen-bond acceptors (Lipinski definition) is 6. The minimum atomic E-state index is -3.83. The summed E-state index contributed by atoms with van der Waals surface area (Å²) in [6, 6.07) is 1.70. The molecule has 1 atom stereocenters. The molecule has 3 N–H and O–H groups in total. The van der Waals surface area contributed by atoms with Crippen LogP contribution in [0.25, 0.3) is 5.52 Å². The van der Waals surface area contributed by atoms with Crippen LogP contribution in [0, 0.1) is 12.3 Å². The van der Waals surface area contributed by atoms with Gasteiger partial charge >= 0.3 is 0 Å². The third-order valence-corrected chi connectivity index (χ3v) is 6.92. The van der Waals surface area contributed by atoms with Crippen LogP contribution in [0.2, 0.25) is 5.15 Å². The minimum absolute atomic E-state index is 0.0255. The van der Waals surface area contributed by atoms with Gasteiger partial charge in [0.2, 0.25) is 0 Å². The van der Waals surface area contributed by atoms with Gasteiger partial charge in [0.25, 0.3) is 10.2 Å². The Balaban J connectivity index is 1.47. The summed E-state index contributed by atoms with van der Waals surface area (Å²) in [6.07, 6.45) is 2.20. The van der Waals surface area contributed by atoms with Gasteiger partial charge < -0.3 is 10.0 Å². The minimum Gasteiger partial charge on any atom is -0.392 e. The van der Waals surface area contributed by atoms with Crippen molar-refractivity contribution in [1.82, 2.24) is 18.9 Å². The number of aliphatic hydroxyl groups is 1. The maximum Gasteiger partial charge on any atom is 0.277 e. The molecule has 1 aliphatic heterocycles. The van der Waals surface area contributed by atoms with Crippen molar-refractivity contribution in [2.45, 2.75) is 38.8 Å². The van der Waals surface area contributed by atoms with Gasteiger partial charge in [0, 0.05) is 31.1 Å². The van der Waals surface area contributed by atoms with Crippen LogP contribution in [0.4, 0.5) is 5.82 Å². The van der Waals surface area contributed by atoms with E-state index in [1.165, 1.54) is 10.6 Å². The van der Waals surface area contributed by atoms with E-state index in [9.17, 15) is 13.5 Å². The highest BCUT2D eigenvalue weighted by atomic mass is 35.5. The number of rotatable bonds is 5. The quantitative estimate of drug-likeness (QED) is 0.737. The molecule has 2 fully saturated rings. The van der Waals surface area contributed by atoms with E-state index in [1.54, 1.807) is 11.4 Å². The van der Waals surface area contributed by atoms with E-state index in [1.807, 2.05) is 13.0 Å². The van der Waals surface area contributed by atoms with Crippen molar-refractivity contribution in [3.63, 3.8) is 0 Å². The van der Waals surface area contributed by atoms with Crippen LogP contribution in [0.15, 0.2) is 12.4 Å². The maximum absolute atomic E-state index is 11.8. The molecule has 1 saturated heterocycles. The molecule has 0 aromatic carbocycles. The predicted octanol–water partition coefficient (Wildman–Crippen LogP) is 0.546. The third kappa shape index (κ3) is 3.19. The maximum atomic E-state index is 11.8. The molecule has 9 nitrogen and oxygen atoms in total. The summed E-state index contributed by atoms with van der Waals surface area (Å²) in [6.45, 7) is 5.15. The molecule has 2 aromatic heterocycles. The number of nitrogens with zero attached hydrogens (tertiary/aromatic N) is 5. The highest BCUT2D eigenvalue weighted by molar-refractivity contribution is 7.86. The van der Waals surface area contributed by atoms with Crippen LogP contribution in [-0.4, -0.2) is 64.2 Å². The lowest BCUT2D eigenvalue weighted by Crippen LogP contribution is -2.68. The first-order chi connectivity index (χ1) is 12.6. The average molecular weight is 415 g/mol. The lowest BCUT2D eigenvalue weighted by molar-refractivity contribution is 0.00227. The normalized spacial score (nSPS) is 20.9. The molecule has 0 amide bonds. The fraction of sp³-hybridized carbons (Fsp3) is 0.625. The van der Waals surface area contributed by atoms with Crippen molar-refractivity contribution in [3.8, 4) is 0 Å². The summed E-state index contributed by atoms with van der Waals surface area (Å²) >= 11 is 6.21. The topological polar surface area (TPSA) is 117 Å². The number of fused-ring (bicyclic) bond motifs is 1. The van der Waals surface area contributed by atoms with Crippen LogP contribution in [-0.2, 0) is 10.2 Å². The Kier molecular flexibility index (Phi) is 4.39. The highest BCUT2D eigenvalue weighted by Crippen LogP contribution is 2.52. The molecule has 11 heteroatoms. The summed E-state index contributed by atoms with van der Waals surface area (Å²) in [5, 5.41) is 19.7. The second kappa shape index (κ2) is 6.28. The van der Waals surface area contributed by atoms with Crippen LogP contribution in [0.1, 0.15) is 25.3 Å². The molecule has 2 aromatic rings. The van der Waals surface area contributed by atoms with Gasteiger partial charge in [0.1, 0.15) is 17.0 Å². The SMILES string of the molecule is Cc1cc(Cl)n2ncnc(N3CC4(CC(N(C[C@@H](C)O)S(N)(=O)=O)C4)C3)c12. The summed E-state index contributed by atoms with van der Waals surface area (Å²) in [7, 11) is -3.83. The fourth-order valence-corrected chi connectivity index (χ4v) is 5.71. The number of aliphatic hydroxyl groups excluding tert-OH is 1. The molecular formula is C16H23ClN6O3S.